The van der Waals surface area contributed by atoms with Gasteiger partial charge in [0.25, 0.3) is 0 Å². The molecule has 0 bridgehead atoms. The maximum atomic E-state index is 12.1. The quantitative estimate of drug-likeness (QED) is 0.175. The molecular weight excluding hydrogens is 700 g/mol. The fourth-order valence-corrected chi connectivity index (χ4v) is 13.4. The summed E-state index contributed by atoms with van der Waals surface area (Å²) in [5.41, 5.74) is -0.402. The van der Waals surface area contributed by atoms with Crippen molar-refractivity contribution in [2.24, 2.45) is 50.2 Å². The Morgan fingerprint density at radius 1 is 0.741 bits per heavy atom. The zero-order chi connectivity index (χ0) is 39.6. The van der Waals surface area contributed by atoms with E-state index in [0.717, 1.165) is 44.9 Å². The molecule has 2 aliphatic heterocycles. The van der Waals surface area contributed by atoms with E-state index in [4.69, 9.17) is 18.9 Å². The summed E-state index contributed by atoms with van der Waals surface area (Å²) in [6.45, 7) is 14.7. The number of aliphatic hydroxyl groups is 9. The summed E-state index contributed by atoms with van der Waals surface area (Å²) in [5, 5.41) is 97.1. The lowest BCUT2D eigenvalue weighted by Gasteiger charge is -2.72. The minimum absolute atomic E-state index is 0.0194. The van der Waals surface area contributed by atoms with E-state index in [0.29, 0.717) is 12.3 Å². The Labute approximate surface area is 319 Å². The van der Waals surface area contributed by atoms with Gasteiger partial charge in [-0.05, 0) is 90.8 Å². The molecule has 0 aromatic heterocycles. The maximum Gasteiger partial charge on any atom is 0.187 e. The summed E-state index contributed by atoms with van der Waals surface area (Å²) in [6.07, 6.45) is -6.31. The lowest BCUT2D eigenvalue weighted by Crippen LogP contribution is -2.68. The number of allylic oxidation sites excluding steroid dienone is 2. The van der Waals surface area contributed by atoms with Crippen LogP contribution in [0.5, 0.6) is 0 Å². The third-order valence-corrected chi connectivity index (χ3v) is 17.3. The molecule has 4 saturated carbocycles. The number of rotatable bonds is 6. The molecule has 2 heterocycles. The van der Waals surface area contributed by atoms with Crippen LogP contribution in [0.3, 0.4) is 0 Å². The van der Waals surface area contributed by atoms with Gasteiger partial charge in [0.2, 0.25) is 0 Å². The van der Waals surface area contributed by atoms with Crippen molar-refractivity contribution in [1.82, 2.24) is 0 Å². The Bertz CT molecular complexity index is 1420. The minimum Gasteiger partial charge on any atom is -0.396 e. The Balaban J connectivity index is 1.16. The SMILES string of the molecule is CC1(C)C[C@H]2C3=CC[C@@H]4[C@@]5(C)CC[C@H](O)[C@](C)(CO)[C@@H]5CC[C@@]4(C)[C@]3(C)CC[C@@]2(C)[C@H](O[C@@H]2OC[C@H](O)[C@H](O[C@@H]3O[C@H](CO)[C@@H](O)[C@H](O)[C@H]3O)[C@H]2O)[C@@H]1O. The van der Waals surface area contributed by atoms with E-state index in [2.05, 4.69) is 54.5 Å². The van der Waals surface area contributed by atoms with E-state index in [-0.39, 0.29) is 41.3 Å². The standard InChI is InChI=1S/C41H68O13/c1-36(2)16-21-20-8-9-25-38(4)12-11-26(45)39(5,19-43)24(38)10-13-41(25,7)40(20,6)15-14-37(21,3)33(32(36)50)54-34-30(49)31(22(44)18-51-34)53-35-29(48)28(47)27(46)23(17-42)52-35/h8,21-35,42-50H,9-19H2,1-7H3/t21-,22-,23+,24+,25+,26-,27+,28-,29+,30+,31-,32-,33+,34-,35-,37+,38-,39+,40+,41+/m0/s1. The van der Waals surface area contributed by atoms with Crippen LogP contribution in [-0.4, -0.2) is 139 Å². The van der Waals surface area contributed by atoms with Crippen molar-refractivity contribution in [3.05, 3.63) is 11.6 Å². The van der Waals surface area contributed by atoms with Crippen LogP contribution < -0.4 is 0 Å². The van der Waals surface area contributed by atoms with E-state index in [1.54, 1.807) is 0 Å². The average Bonchev–Trinajstić information content (AvgIpc) is 3.12. The number of hydrogen-bond acceptors (Lipinski definition) is 13. The normalized spacial score (nSPS) is 57.2. The van der Waals surface area contributed by atoms with E-state index in [1.165, 1.54) is 5.57 Å². The van der Waals surface area contributed by atoms with E-state index < -0.39 is 96.5 Å². The van der Waals surface area contributed by atoms with Gasteiger partial charge in [-0.3, -0.25) is 0 Å². The highest BCUT2D eigenvalue weighted by Gasteiger charge is 2.70. The Hall–Kier alpha value is -0.780. The van der Waals surface area contributed by atoms with Gasteiger partial charge in [0.1, 0.15) is 42.7 Å². The van der Waals surface area contributed by atoms with E-state index >= 15 is 0 Å². The third-order valence-electron chi connectivity index (χ3n) is 17.3. The summed E-state index contributed by atoms with van der Waals surface area (Å²) < 4.78 is 23.9. The van der Waals surface area contributed by atoms with Gasteiger partial charge in [-0.1, -0.05) is 60.1 Å². The van der Waals surface area contributed by atoms with Crippen LogP contribution in [0.2, 0.25) is 0 Å². The summed E-state index contributed by atoms with van der Waals surface area (Å²) in [4.78, 5) is 0. The molecule has 310 valence electrons. The van der Waals surface area contributed by atoms with Crippen LogP contribution in [0.25, 0.3) is 0 Å². The number of aliphatic hydroxyl groups excluding tert-OH is 9. The van der Waals surface area contributed by atoms with Gasteiger partial charge in [-0.15, -0.1) is 0 Å². The Morgan fingerprint density at radius 2 is 1.44 bits per heavy atom. The highest BCUT2D eigenvalue weighted by molar-refractivity contribution is 5.34. The molecule has 0 aromatic carbocycles. The molecule has 0 radical (unpaired) electrons. The van der Waals surface area contributed by atoms with Crippen molar-refractivity contribution < 1.29 is 64.9 Å². The van der Waals surface area contributed by atoms with Gasteiger partial charge in [-0.25, -0.2) is 0 Å². The first-order chi connectivity index (χ1) is 25.1. The molecular formula is C41H68O13. The van der Waals surface area contributed by atoms with Crippen molar-refractivity contribution in [3.8, 4) is 0 Å². The van der Waals surface area contributed by atoms with Gasteiger partial charge < -0.3 is 64.9 Å². The molecule has 7 aliphatic rings. The molecule has 0 aromatic rings. The third kappa shape index (κ3) is 5.80. The molecule has 5 aliphatic carbocycles. The van der Waals surface area contributed by atoms with Gasteiger partial charge in [0, 0.05) is 10.8 Å². The predicted octanol–water partition coefficient (Wildman–Crippen LogP) is 1.37. The van der Waals surface area contributed by atoms with Crippen LogP contribution in [0.1, 0.15) is 99.8 Å². The summed E-state index contributed by atoms with van der Waals surface area (Å²) >= 11 is 0. The van der Waals surface area contributed by atoms with Gasteiger partial charge in [0.15, 0.2) is 12.6 Å². The second-order valence-corrected chi connectivity index (χ2v) is 20.3. The highest BCUT2D eigenvalue weighted by Crippen LogP contribution is 2.76. The van der Waals surface area contributed by atoms with Crippen LogP contribution in [0.15, 0.2) is 11.6 Å². The summed E-state index contributed by atoms with van der Waals surface area (Å²) in [6, 6.07) is 0. The fourth-order valence-electron chi connectivity index (χ4n) is 13.4. The van der Waals surface area contributed by atoms with Crippen LogP contribution in [0, 0.1) is 50.2 Å². The first-order valence-electron chi connectivity index (χ1n) is 20.4. The highest BCUT2D eigenvalue weighted by atomic mass is 16.7. The molecule has 20 atom stereocenters. The van der Waals surface area contributed by atoms with Crippen molar-refractivity contribution in [3.63, 3.8) is 0 Å². The van der Waals surface area contributed by atoms with Gasteiger partial charge >= 0.3 is 0 Å². The lowest BCUT2D eigenvalue weighted by molar-refractivity contribution is -0.361. The summed E-state index contributed by atoms with van der Waals surface area (Å²) in [7, 11) is 0. The topological polar surface area (TPSA) is 219 Å². The van der Waals surface area contributed by atoms with Crippen molar-refractivity contribution in [2.45, 2.75) is 173 Å². The molecule has 6 fully saturated rings. The molecule has 13 heteroatoms. The van der Waals surface area contributed by atoms with Crippen LogP contribution >= 0.6 is 0 Å². The fraction of sp³-hybridized carbons (Fsp3) is 0.951. The molecule has 7 rings (SSSR count). The molecule has 2 saturated heterocycles. The van der Waals surface area contributed by atoms with E-state index in [1.807, 2.05) is 0 Å². The zero-order valence-electron chi connectivity index (χ0n) is 33.2. The molecule has 54 heavy (non-hydrogen) atoms. The predicted molar refractivity (Wildman–Crippen MR) is 194 cm³/mol. The largest absolute Gasteiger partial charge is 0.396 e. The molecule has 9 N–H and O–H groups in total. The van der Waals surface area contributed by atoms with Gasteiger partial charge in [-0.2, -0.15) is 0 Å². The average molecular weight is 769 g/mol. The number of ether oxygens (including phenoxy) is 4. The molecule has 13 nitrogen and oxygen atoms in total. The Morgan fingerprint density at radius 3 is 2.11 bits per heavy atom. The van der Waals surface area contributed by atoms with Crippen molar-refractivity contribution in [2.75, 3.05) is 19.8 Å². The molecule has 0 unspecified atom stereocenters. The smallest absolute Gasteiger partial charge is 0.187 e. The second-order valence-electron chi connectivity index (χ2n) is 20.3. The van der Waals surface area contributed by atoms with Crippen molar-refractivity contribution >= 4 is 0 Å². The monoisotopic (exact) mass is 768 g/mol. The first kappa shape index (κ1) is 41.4. The van der Waals surface area contributed by atoms with Crippen LogP contribution in [0.4, 0.5) is 0 Å². The second kappa shape index (κ2) is 13.9. The van der Waals surface area contributed by atoms with E-state index in [9.17, 15) is 46.0 Å². The summed E-state index contributed by atoms with van der Waals surface area (Å²) in [5.74, 6) is 0.665. The lowest BCUT2D eigenvalue weighted by atomic mass is 9.33. The van der Waals surface area contributed by atoms with Gasteiger partial charge in [0.05, 0.1) is 38.1 Å². The Kier molecular flexibility index (Phi) is 10.7. The van der Waals surface area contributed by atoms with Crippen molar-refractivity contribution in [1.29, 1.82) is 0 Å². The number of fused-ring (bicyclic) bond motifs is 7. The first-order valence-corrected chi connectivity index (χ1v) is 20.4. The minimum atomic E-state index is -1.73. The van der Waals surface area contributed by atoms with Crippen LogP contribution in [-0.2, 0) is 18.9 Å². The zero-order valence-corrected chi connectivity index (χ0v) is 33.2. The maximum absolute atomic E-state index is 12.1. The molecule has 0 amide bonds. The molecule has 0 spiro atoms. The number of hydrogen-bond donors (Lipinski definition) is 9.